The Morgan fingerprint density at radius 3 is 2.38 bits per heavy atom. The maximum atomic E-state index is 12.2. The number of primary amides is 1. The Bertz CT molecular complexity index is 778. The van der Waals surface area contributed by atoms with Gasteiger partial charge in [0, 0.05) is 14.1 Å². The SMILES string of the molecule is CC(OC(=O)c1ccc(Cl)c(S(=O)(=O)N(C)C)c1)C(=O)NC(N)=O. The number of halogens is 1. The predicted molar refractivity (Wildman–Crippen MR) is 84.9 cm³/mol. The maximum Gasteiger partial charge on any atom is 0.338 e. The molecule has 1 aromatic carbocycles. The molecule has 0 fully saturated rings. The molecule has 9 nitrogen and oxygen atoms in total. The van der Waals surface area contributed by atoms with E-state index in [-0.39, 0.29) is 15.5 Å². The van der Waals surface area contributed by atoms with Crippen LogP contribution in [0.1, 0.15) is 17.3 Å². The molecule has 1 unspecified atom stereocenters. The van der Waals surface area contributed by atoms with Gasteiger partial charge in [0.15, 0.2) is 6.10 Å². The first-order valence-corrected chi connectivity index (χ1v) is 8.32. The van der Waals surface area contributed by atoms with Gasteiger partial charge in [-0.1, -0.05) is 11.6 Å². The van der Waals surface area contributed by atoms with Crippen molar-refractivity contribution in [2.45, 2.75) is 17.9 Å². The Balaban J connectivity index is 3.05. The van der Waals surface area contributed by atoms with Gasteiger partial charge in [-0.05, 0) is 25.1 Å². The van der Waals surface area contributed by atoms with Crippen molar-refractivity contribution >= 4 is 39.5 Å². The molecule has 0 radical (unpaired) electrons. The monoisotopic (exact) mass is 377 g/mol. The van der Waals surface area contributed by atoms with Crippen LogP contribution in [-0.2, 0) is 19.6 Å². The molecule has 1 atom stereocenters. The number of hydrogen-bond acceptors (Lipinski definition) is 6. The number of carbonyl (C=O) groups excluding carboxylic acids is 3. The van der Waals surface area contributed by atoms with Crippen LogP contribution in [0, 0.1) is 0 Å². The average Bonchev–Trinajstić information content (AvgIpc) is 2.46. The third-order valence-corrected chi connectivity index (χ3v) is 5.12. The molecule has 3 amide bonds. The zero-order valence-electron chi connectivity index (χ0n) is 13.1. The lowest BCUT2D eigenvalue weighted by Gasteiger charge is -2.15. The number of ether oxygens (including phenoxy) is 1. The molecule has 0 aliphatic rings. The van der Waals surface area contributed by atoms with Crippen LogP contribution in [0.25, 0.3) is 0 Å². The Morgan fingerprint density at radius 2 is 1.88 bits per heavy atom. The van der Waals surface area contributed by atoms with Gasteiger partial charge in [-0.25, -0.2) is 22.3 Å². The van der Waals surface area contributed by atoms with Gasteiger partial charge in [0.25, 0.3) is 5.91 Å². The summed E-state index contributed by atoms with van der Waals surface area (Å²) in [7, 11) is -1.25. The van der Waals surface area contributed by atoms with Crippen LogP contribution in [0.3, 0.4) is 0 Å². The highest BCUT2D eigenvalue weighted by atomic mass is 35.5. The van der Waals surface area contributed by atoms with Gasteiger partial charge < -0.3 is 10.5 Å². The normalized spacial score (nSPS) is 12.5. The summed E-state index contributed by atoms with van der Waals surface area (Å²) in [6, 6.07) is 2.42. The number of carbonyl (C=O) groups is 3. The predicted octanol–water partition coefficient (Wildman–Crippen LogP) is 0.330. The molecule has 1 rings (SSSR count). The van der Waals surface area contributed by atoms with E-state index >= 15 is 0 Å². The smallest absolute Gasteiger partial charge is 0.338 e. The van der Waals surface area contributed by atoms with E-state index in [0.717, 1.165) is 10.4 Å². The highest BCUT2D eigenvalue weighted by molar-refractivity contribution is 7.89. The number of imide groups is 1. The van der Waals surface area contributed by atoms with Crippen molar-refractivity contribution < 1.29 is 27.5 Å². The largest absolute Gasteiger partial charge is 0.449 e. The number of amides is 3. The van der Waals surface area contributed by atoms with Gasteiger partial charge >= 0.3 is 12.0 Å². The number of benzene rings is 1. The fourth-order valence-electron chi connectivity index (χ4n) is 1.53. The fourth-order valence-corrected chi connectivity index (χ4v) is 2.92. The van der Waals surface area contributed by atoms with E-state index in [1.165, 1.54) is 33.2 Å². The molecule has 11 heteroatoms. The number of esters is 1. The molecule has 0 aliphatic carbocycles. The molecule has 1 aromatic rings. The van der Waals surface area contributed by atoms with Crippen molar-refractivity contribution in [2.24, 2.45) is 5.73 Å². The number of nitrogens with one attached hydrogen (secondary N) is 1. The Labute approximate surface area is 143 Å². The van der Waals surface area contributed by atoms with Crippen molar-refractivity contribution in [3.8, 4) is 0 Å². The molecule has 0 aliphatic heterocycles. The molecule has 0 saturated carbocycles. The van der Waals surface area contributed by atoms with Crippen LogP contribution < -0.4 is 11.1 Å². The minimum Gasteiger partial charge on any atom is -0.449 e. The number of rotatable bonds is 5. The second-order valence-electron chi connectivity index (χ2n) is 4.83. The van der Waals surface area contributed by atoms with E-state index in [0.29, 0.717) is 0 Å². The zero-order chi connectivity index (χ0) is 18.7. The van der Waals surface area contributed by atoms with Gasteiger partial charge in [0.2, 0.25) is 10.0 Å². The summed E-state index contributed by atoms with van der Waals surface area (Å²) in [6.45, 7) is 1.23. The molecule has 0 saturated heterocycles. The van der Waals surface area contributed by atoms with Gasteiger partial charge in [0.05, 0.1) is 10.6 Å². The summed E-state index contributed by atoms with van der Waals surface area (Å²) in [4.78, 5) is 33.8. The molecule has 0 spiro atoms. The third kappa shape index (κ3) is 4.66. The minimum atomic E-state index is -3.87. The van der Waals surface area contributed by atoms with Crippen molar-refractivity contribution in [3.05, 3.63) is 28.8 Å². The van der Waals surface area contributed by atoms with Crippen LogP contribution in [0.5, 0.6) is 0 Å². The van der Waals surface area contributed by atoms with Crippen molar-refractivity contribution in [3.63, 3.8) is 0 Å². The van der Waals surface area contributed by atoms with Gasteiger partial charge in [-0.15, -0.1) is 0 Å². The van der Waals surface area contributed by atoms with Gasteiger partial charge in [-0.3, -0.25) is 10.1 Å². The summed E-state index contributed by atoms with van der Waals surface area (Å²) < 4.78 is 30.1. The van der Waals surface area contributed by atoms with Crippen LogP contribution in [0.4, 0.5) is 4.79 Å². The van der Waals surface area contributed by atoms with Crippen LogP contribution in [0.2, 0.25) is 5.02 Å². The van der Waals surface area contributed by atoms with E-state index in [1.807, 2.05) is 0 Å². The quantitative estimate of drug-likeness (QED) is 0.709. The van der Waals surface area contributed by atoms with E-state index in [9.17, 15) is 22.8 Å². The van der Waals surface area contributed by atoms with Crippen LogP contribution in [0.15, 0.2) is 23.1 Å². The Morgan fingerprint density at radius 1 is 1.29 bits per heavy atom. The van der Waals surface area contributed by atoms with E-state index in [1.54, 1.807) is 5.32 Å². The highest BCUT2D eigenvalue weighted by Crippen LogP contribution is 2.25. The molecule has 24 heavy (non-hydrogen) atoms. The van der Waals surface area contributed by atoms with Crippen molar-refractivity contribution in [1.82, 2.24) is 9.62 Å². The Hall–Kier alpha value is -2.17. The van der Waals surface area contributed by atoms with Crippen molar-refractivity contribution in [2.75, 3.05) is 14.1 Å². The Kier molecular flexibility index (Phi) is 6.29. The number of nitrogens with two attached hydrogens (primary N) is 1. The molecule has 132 valence electrons. The molecular formula is C13H16ClN3O6S. The van der Waals surface area contributed by atoms with Gasteiger partial charge in [0.1, 0.15) is 4.90 Å². The summed E-state index contributed by atoms with van der Waals surface area (Å²) in [6.07, 6.45) is -1.31. The second kappa shape index (κ2) is 7.60. The summed E-state index contributed by atoms with van der Waals surface area (Å²) in [5, 5.41) is 1.69. The number of urea groups is 1. The topological polar surface area (TPSA) is 136 Å². The van der Waals surface area contributed by atoms with Gasteiger partial charge in [-0.2, -0.15) is 0 Å². The highest BCUT2D eigenvalue weighted by Gasteiger charge is 2.24. The summed E-state index contributed by atoms with van der Waals surface area (Å²) in [5.41, 5.74) is 4.66. The first-order valence-electron chi connectivity index (χ1n) is 6.50. The number of nitrogens with zero attached hydrogens (tertiary/aromatic N) is 1. The molecule has 3 N–H and O–H groups in total. The lowest BCUT2D eigenvalue weighted by molar-refractivity contribution is -0.127. The van der Waals surface area contributed by atoms with Crippen LogP contribution >= 0.6 is 11.6 Å². The number of sulfonamides is 1. The molecule has 0 bridgehead atoms. The van der Waals surface area contributed by atoms with Crippen molar-refractivity contribution in [1.29, 1.82) is 0 Å². The number of hydrogen-bond donors (Lipinski definition) is 2. The summed E-state index contributed by atoms with van der Waals surface area (Å²) >= 11 is 5.87. The molecular weight excluding hydrogens is 362 g/mol. The second-order valence-corrected chi connectivity index (χ2v) is 7.36. The lowest BCUT2D eigenvalue weighted by atomic mass is 10.2. The average molecular weight is 378 g/mol. The van der Waals surface area contributed by atoms with E-state index < -0.39 is 34.0 Å². The van der Waals surface area contributed by atoms with E-state index in [4.69, 9.17) is 22.1 Å². The third-order valence-electron chi connectivity index (χ3n) is 2.82. The standard InChI is InChI=1S/C13H16ClN3O6S/c1-7(11(18)16-13(15)20)23-12(19)8-4-5-9(14)10(6-8)24(21,22)17(2)3/h4-7H,1-3H3,(H3,15,16,18,20). The van der Waals surface area contributed by atoms with Crippen LogP contribution in [-0.4, -0.2) is 50.8 Å². The lowest BCUT2D eigenvalue weighted by Crippen LogP contribution is -2.42. The minimum absolute atomic E-state index is 0.0697. The first kappa shape index (κ1) is 19.9. The molecule has 0 aromatic heterocycles. The zero-order valence-corrected chi connectivity index (χ0v) is 14.6. The van der Waals surface area contributed by atoms with E-state index in [2.05, 4.69) is 0 Å². The molecule has 0 heterocycles. The first-order chi connectivity index (χ1) is 11.0. The fraction of sp³-hybridized carbons (Fsp3) is 0.308. The maximum absolute atomic E-state index is 12.2. The summed E-state index contributed by atoms with van der Waals surface area (Å²) in [5.74, 6) is -1.88.